The van der Waals surface area contributed by atoms with Crippen molar-refractivity contribution in [2.24, 2.45) is 16.5 Å². The van der Waals surface area contributed by atoms with Crippen molar-refractivity contribution < 1.29 is 4.39 Å². The number of benzene rings is 2. The second-order valence-corrected chi connectivity index (χ2v) is 8.17. The van der Waals surface area contributed by atoms with Gasteiger partial charge in [0.25, 0.3) is 0 Å². The monoisotopic (exact) mass is 433 g/mol. The lowest BCUT2D eigenvalue weighted by Gasteiger charge is -2.23. The summed E-state index contributed by atoms with van der Waals surface area (Å²) in [7, 11) is 3.87. The quantitative estimate of drug-likeness (QED) is 0.422. The lowest BCUT2D eigenvalue weighted by Crippen LogP contribution is -2.21. The van der Waals surface area contributed by atoms with Crippen LogP contribution in [0.1, 0.15) is 35.6 Å². The highest BCUT2D eigenvalue weighted by molar-refractivity contribution is 5.89. The second-order valence-electron chi connectivity index (χ2n) is 8.17. The number of hydrogen-bond acceptors (Lipinski definition) is 3. The third kappa shape index (κ3) is 6.08. The largest absolute Gasteiger partial charge is 0.381 e. The molecule has 2 aromatic rings. The van der Waals surface area contributed by atoms with Gasteiger partial charge in [-0.25, -0.2) is 9.38 Å². The average molecular weight is 434 g/mol. The fraction of sp³-hybridized carbons (Fsp3) is 0.269. The molecule has 0 bridgehead atoms. The molecule has 3 rings (SSSR count). The highest BCUT2D eigenvalue weighted by Gasteiger charge is 2.16. The molecule has 0 amide bonds. The van der Waals surface area contributed by atoms with Crippen LogP contribution in [0.3, 0.4) is 0 Å². The van der Waals surface area contributed by atoms with Gasteiger partial charge in [-0.05, 0) is 61.3 Å². The lowest BCUT2D eigenvalue weighted by atomic mass is 9.91. The normalized spacial score (nSPS) is 13.7. The van der Waals surface area contributed by atoms with Crippen molar-refractivity contribution in [2.45, 2.75) is 26.3 Å². The van der Waals surface area contributed by atoms with E-state index in [-0.39, 0.29) is 11.8 Å². The molecule has 0 saturated carbocycles. The summed E-state index contributed by atoms with van der Waals surface area (Å²) in [6.45, 7) is 3.55. The maximum atomic E-state index is 14.5. The molecule has 0 unspecified atom stereocenters. The lowest BCUT2D eigenvalue weighted by molar-refractivity contribution is 0.392. The molecular formula is C26H32FN5. The Hall–Kier alpha value is -3.38. The van der Waals surface area contributed by atoms with E-state index in [4.69, 9.17) is 11.5 Å². The number of guanidine groups is 1. The second kappa shape index (κ2) is 10.8. The number of nitrogens with zero attached hydrogens (tertiary/aromatic N) is 2. The summed E-state index contributed by atoms with van der Waals surface area (Å²) in [5.41, 5.74) is 18.2. The summed E-state index contributed by atoms with van der Waals surface area (Å²) in [5, 5.41) is 3.53. The predicted octanol–water partition coefficient (Wildman–Crippen LogP) is 4.52. The van der Waals surface area contributed by atoms with E-state index in [9.17, 15) is 4.39 Å². The minimum Gasteiger partial charge on any atom is -0.381 e. The van der Waals surface area contributed by atoms with Gasteiger partial charge in [-0.3, -0.25) is 0 Å². The molecule has 5 N–H and O–H groups in total. The van der Waals surface area contributed by atoms with Crippen molar-refractivity contribution in [2.75, 3.05) is 26.0 Å². The van der Waals surface area contributed by atoms with E-state index in [0.717, 1.165) is 36.2 Å². The van der Waals surface area contributed by atoms with Crippen LogP contribution in [0.5, 0.6) is 0 Å². The van der Waals surface area contributed by atoms with Crippen molar-refractivity contribution in [3.05, 3.63) is 88.4 Å². The van der Waals surface area contributed by atoms with E-state index in [1.165, 1.54) is 16.7 Å². The van der Waals surface area contributed by atoms with Crippen LogP contribution in [0.2, 0.25) is 0 Å². The van der Waals surface area contributed by atoms with Gasteiger partial charge in [0, 0.05) is 36.1 Å². The summed E-state index contributed by atoms with van der Waals surface area (Å²) in [6, 6.07) is 11.9. The van der Waals surface area contributed by atoms with Gasteiger partial charge in [0.15, 0.2) is 5.96 Å². The molecule has 0 fully saturated rings. The molecule has 0 atom stereocenters. The third-order valence-corrected chi connectivity index (χ3v) is 5.36. The van der Waals surface area contributed by atoms with Crippen LogP contribution in [0.25, 0.3) is 11.6 Å². The van der Waals surface area contributed by atoms with Gasteiger partial charge in [-0.15, -0.1) is 0 Å². The molecule has 0 radical (unpaired) electrons. The van der Waals surface area contributed by atoms with Gasteiger partial charge >= 0.3 is 0 Å². The standard InChI is InChI=1S/C26H32FN5/c1-4-20-16-31-25-15-18(6-5-13-30-26(28)29)9-12-23(25)22(20)11-8-19-7-10-21(17-32(2)3)24(27)14-19/h5,7-15,31H,4,6,16-17H2,1-3H3,(H4,28,29,30)/b11-8+,13-5-. The highest BCUT2D eigenvalue weighted by Crippen LogP contribution is 2.34. The average Bonchev–Trinajstić information content (AvgIpc) is 2.76. The zero-order valence-corrected chi connectivity index (χ0v) is 19.0. The number of halogens is 1. The molecule has 0 aromatic heterocycles. The number of anilines is 1. The van der Waals surface area contributed by atoms with Gasteiger partial charge in [0.1, 0.15) is 5.82 Å². The first-order chi connectivity index (χ1) is 15.4. The first kappa shape index (κ1) is 23.3. The molecule has 1 aliphatic rings. The van der Waals surface area contributed by atoms with E-state index in [1.807, 2.05) is 43.3 Å². The highest BCUT2D eigenvalue weighted by atomic mass is 19.1. The molecule has 0 aliphatic carbocycles. The summed E-state index contributed by atoms with van der Waals surface area (Å²) >= 11 is 0. The van der Waals surface area contributed by atoms with Crippen LogP contribution >= 0.6 is 0 Å². The van der Waals surface area contributed by atoms with Crippen molar-refractivity contribution in [1.82, 2.24) is 4.90 Å². The van der Waals surface area contributed by atoms with Crippen molar-refractivity contribution in [3.63, 3.8) is 0 Å². The van der Waals surface area contributed by atoms with Crippen molar-refractivity contribution >= 4 is 23.3 Å². The smallest absolute Gasteiger partial charge is 0.190 e. The SMILES string of the molecule is CCC1=C(/C=C/c2ccc(CN(C)C)c(F)c2)c2ccc(C/C=C\N=C(N)N)cc2NC1. The Morgan fingerprint density at radius 1 is 1.16 bits per heavy atom. The summed E-state index contributed by atoms with van der Waals surface area (Å²) in [6.07, 6.45) is 9.33. The van der Waals surface area contributed by atoms with Gasteiger partial charge < -0.3 is 21.7 Å². The molecule has 2 aromatic carbocycles. The maximum Gasteiger partial charge on any atom is 0.190 e. The molecule has 5 nitrogen and oxygen atoms in total. The molecule has 6 heteroatoms. The summed E-state index contributed by atoms with van der Waals surface area (Å²) in [4.78, 5) is 5.83. The molecule has 0 saturated heterocycles. The fourth-order valence-corrected chi connectivity index (χ4v) is 3.75. The van der Waals surface area contributed by atoms with E-state index in [0.29, 0.717) is 12.1 Å². The Labute approximate surface area is 190 Å². The topological polar surface area (TPSA) is 79.7 Å². The number of fused-ring (bicyclic) bond motifs is 1. The van der Waals surface area contributed by atoms with Crippen LogP contribution < -0.4 is 16.8 Å². The first-order valence-corrected chi connectivity index (χ1v) is 10.8. The van der Waals surface area contributed by atoms with E-state index in [2.05, 4.69) is 41.5 Å². The molecular weight excluding hydrogens is 401 g/mol. The van der Waals surface area contributed by atoms with Crippen molar-refractivity contribution in [3.8, 4) is 0 Å². The van der Waals surface area contributed by atoms with Crippen LogP contribution in [-0.4, -0.2) is 31.5 Å². The molecule has 1 heterocycles. The third-order valence-electron chi connectivity index (χ3n) is 5.36. The van der Waals surface area contributed by atoms with E-state index >= 15 is 0 Å². The van der Waals surface area contributed by atoms with Crippen LogP contribution in [-0.2, 0) is 13.0 Å². The number of nitrogens with one attached hydrogen (secondary N) is 1. The number of aliphatic imine (C=N–C) groups is 1. The minimum absolute atomic E-state index is 0.0502. The number of allylic oxidation sites excluding steroid dienone is 3. The molecule has 1 aliphatic heterocycles. The maximum absolute atomic E-state index is 14.5. The summed E-state index contributed by atoms with van der Waals surface area (Å²) < 4.78 is 14.5. The Morgan fingerprint density at radius 3 is 2.66 bits per heavy atom. The minimum atomic E-state index is -0.172. The molecule has 32 heavy (non-hydrogen) atoms. The van der Waals surface area contributed by atoms with E-state index < -0.39 is 0 Å². The fourth-order valence-electron chi connectivity index (χ4n) is 3.75. The van der Waals surface area contributed by atoms with Crippen LogP contribution in [0.4, 0.5) is 10.1 Å². The van der Waals surface area contributed by atoms with Gasteiger partial charge in [-0.2, -0.15) is 0 Å². The Kier molecular flexibility index (Phi) is 7.84. The van der Waals surface area contributed by atoms with Crippen LogP contribution in [0, 0.1) is 5.82 Å². The van der Waals surface area contributed by atoms with Gasteiger partial charge in [-0.1, -0.05) is 49.4 Å². The van der Waals surface area contributed by atoms with Gasteiger partial charge in [0.2, 0.25) is 0 Å². The Balaban J connectivity index is 1.83. The number of rotatable bonds is 8. The van der Waals surface area contributed by atoms with E-state index in [1.54, 1.807) is 12.3 Å². The summed E-state index contributed by atoms with van der Waals surface area (Å²) in [5.74, 6) is -0.121. The zero-order valence-electron chi connectivity index (χ0n) is 19.0. The first-order valence-electron chi connectivity index (χ1n) is 10.8. The number of nitrogens with two attached hydrogens (primary N) is 2. The molecule has 168 valence electrons. The van der Waals surface area contributed by atoms with Crippen molar-refractivity contribution in [1.29, 1.82) is 0 Å². The number of hydrogen-bond donors (Lipinski definition) is 3. The Morgan fingerprint density at radius 2 is 1.97 bits per heavy atom. The zero-order chi connectivity index (χ0) is 23.1. The molecule has 0 spiro atoms. The Bertz CT molecular complexity index is 1080. The predicted molar refractivity (Wildman–Crippen MR) is 134 cm³/mol. The van der Waals surface area contributed by atoms with Gasteiger partial charge in [0.05, 0.1) is 0 Å². The van der Waals surface area contributed by atoms with Crippen LogP contribution in [0.15, 0.2) is 65.3 Å².